The quantitative estimate of drug-likeness (QED) is 0.682. The van der Waals surface area contributed by atoms with E-state index in [1.807, 2.05) is 0 Å². The summed E-state index contributed by atoms with van der Waals surface area (Å²) in [6.07, 6.45) is 2.43. The number of carbonyl (C=O) groups excluding carboxylic acids is 1. The molecule has 0 unspecified atom stereocenters. The molecule has 0 saturated heterocycles. The zero-order valence-electron chi connectivity index (χ0n) is 13.5. The molecule has 1 fully saturated rings. The summed E-state index contributed by atoms with van der Waals surface area (Å²) in [5.41, 5.74) is -0.103. The molecule has 1 amide bonds. The van der Waals surface area contributed by atoms with E-state index >= 15 is 0 Å². The van der Waals surface area contributed by atoms with E-state index in [4.69, 9.17) is 0 Å². The average Bonchev–Trinajstić information content (AvgIpc) is 3.03. The van der Waals surface area contributed by atoms with Crippen LogP contribution in [0.25, 0.3) is 0 Å². The van der Waals surface area contributed by atoms with Gasteiger partial charge in [0.1, 0.15) is 5.54 Å². The van der Waals surface area contributed by atoms with Gasteiger partial charge in [0.2, 0.25) is 10.0 Å². The van der Waals surface area contributed by atoms with Crippen molar-refractivity contribution in [3.05, 3.63) is 35.4 Å². The Kier molecular flexibility index (Phi) is 5.61. The van der Waals surface area contributed by atoms with Gasteiger partial charge in [-0.1, -0.05) is 25.0 Å². The van der Waals surface area contributed by atoms with Gasteiger partial charge in [-0.2, -0.15) is 0 Å². The average molecular weight is 354 g/mol. The van der Waals surface area contributed by atoms with Gasteiger partial charge >= 0.3 is 5.97 Å². The first-order chi connectivity index (χ1) is 11.3. The lowest BCUT2D eigenvalue weighted by Crippen LogP contribution is -2.52. The molecule has 0 bridgehead atoms. The van der Waals surface area contributed by atoms with Crippen molar-refractivity contribution in [3.8, 4) is 0 Å². The van der Waals surface area contributed by atoms with Crippen LogP contribution in [0.15, 0.2) is 24.3 Å². The van der Waals surface area contributed by atoms with E-state index in [1.54, 1.807) is 31.2 Å². The van der Waals surface area contributed by atoms with Crippen LogP contribution >= 0.6 is 0 Å². The number of hydrogen-bond donors (Lipinski definition) is 3. The molecular weight excluding hydrogens is 332 g/mol. The number of carboxylic acids is 1. The lowest BCUT2D eigenvalue weighted by molar-refractivity contribution is -0.144. The van der Waals surface area contributed by atoms with Crippen molar-refractivity contribution in [1.29, 1.82) is 0 Å². The lowest BCUT2D eigenvalue weighted by Gasteiger charge is -2.25. The van der Waals surface area contributed by atoms with Crippen LogP contribution in [0.4, 0.5) is 0 Å². The second kappa shape index (κ2) is 7.31. The van der Waals surface area contributed by atoms with E-state index in [9.17, 15) is 23.1 Å². The molecule has 0 radical (unpaired) electrons. The summed E-state index contributed by atoms with van der Waals surface area (Å²) >= 11 is 0. The first kappa shape index (κ1) is 18.4. The second-order valence-electron chi connectivity index (χ2n) is 5.97. The van der Waals surface area contributed by atoms with Crippen molar-refractivity contribution >= 4 is 21.9 Å². The Morgan fingerprint density at radius 3 is 2.25 bits per heavy atom. The van der Waals surface area contributed by atoms with Gasteiger partial charge in [0, 0.05) is 12.1 Å². The van der Waals surface area contributed by atoms with Gasteiger partial charge in [-0.3, -0.25) is 4.79 Å². The number of sulfonamides is 1. The smallest absolute Gasteiger partial charge is 0.329 e. The van der Waals surface area contributed by atoms with Crippen LogP contribution in [-0.4, -0.2) is 36.7 Å². The van der Waals surface area contributed by atoms with Gasteiger partial charge in [-0.25, -0.2) is 17.9 Å². The molecule has 2 rings (SSSR count). The molecule has 1 aliphatic rings. The zero-order valence-corrected chi connectivity index (χ0v) is 14.4. The fourth-order valence-electron chi connectivity index (χ4n) is 2.73. The molecule has 1 saturated carbocycles. The summed E-state index contributed by atoms with van der Waals surface area (Å²) in [4.78, 5) is 23.8. The normalized spacial score (nSPS) is 16.7. The molecule has 8 heteroatoms. The van der Waals surface area contributed by atoms with Crippen molar-refractivity contribution in [3.63, 3.8) is 0 Å². The summed E-state index contributed by atoms with van der Waals surface area (Å²) in [5, 5.41) is 12.0. The van der Waals surface area contributed by atoms with Gasteiger partial charge in [-0.05, 0) is 37.5 Å². The molecule has 1 aromatic carbocycles. The van der Waals surface area contributed by atoms with Crippen LogP contribution in [-0.2, 0) is 21.4 Å². The predicted octanol–water partition coefficient (Wildman–Crippen LogP) is 1.25. The van der Waals surface area contributed by atoms with E-state index < -0.39 is 27.4 Å². The molecule has 0 aliphatic heterocycles. The number of hydrogen-bond acceptors (Lipinski definition) is 4. The number of nitrogens with one attached hydrogen (secondary N) is 2. The van der Waals surface area contributed by atoms with Crippen molar-refractivity contribution in [2.24, 2.45) is 0 Å². The Morgan fingerprint density at radius 1 is 1.17 bits per heavy atom. The van der Waals surface area contributed by atoms with Crippen molar-refractivity contribution in [1.82, 2.24) is 10.0 Å². The summed E-state index contributed by atoms with van der Waals surface area (Å²) in [6.45, 7) is 1.70. The van der Waals surface area contributed by atoms with E-state index in [0.29, 0.717) is 18.4 Å². The molecule has 1 aromatic rings. The third-order valence-electron chi connectivity index (χ3n) is 4.31. The van der Waals surface area contributed by atoms with E-state index in [1.165, 1.54) is 0 Å². The summed E-state index contributed by atoms with van der Waals surface area (Å²) in [6, 6.07) is 6.43. The molecule has 0 atom stereocenters. The Labute approximate surface area is 141 Å². The van der Waals surface area contributed by atoms with Crippen molar-refractivity contribution in [2.75, 3.05) is 5.75 Å². The number of carboxylic acid groups (broad SMARTS) is 1. The topological polar surface area (TPSA) is 113 Å². The highest BCUT2D eigenvalue weighted by atomic mass is 32.2. The molecular formula is C16H22N2O5S. The first-order valence-corrected chi connectivity index (χ1v) is 9.55. The largest absolute Gasteiger partial charge is 0.480 e. The maximum atomic E-state index is 12.3. The molecule has 132 valence electrons. The lowest BCUT2D eigenvalue weighted by atomic mass is 9.97. The maximum absolute atomic E-state index is 12.3. The number of rotatable bonds is 7. The minimum absolute atomic E-state index is 0.00472. The fraction of sp³-hybridized carbons (Fsp3) is 0.500. The molecule has 1 aliphatic carbocycles. The number of benzene rings is 1. The highest BCUT2D eigenvalue weighted by Gasteiger charge is 2.42. The van der Waals surface area contributed by atoms with Crippen LogP contribution in [0.2, 0.25) is 0 Å². The Hall–Kier alpha value is -1.93. The SMILES string of the molecule is CCS(=O)(=O)NCc1ccc(C(=O)NC2(C(=O)O)CCCC2)cc1. The van der Waals surface area contributed by atoms with Crippen LogP contribution in [0.5, 0.6) is 0 Å². The zero-order chi connectivity index (χ0) is 17.8. The van der Waals surface area contributed by atoms with Crippen LogP contribution in [0, 0.1) is 0 Å². The van der Waals surface area contributed by atoms with E-state index in [0.717, 1.165) is 18.4 Å². The number of carbonyl (C=O) groups is 2. The summed E-state index contributed by atoms with van der Waals surface area (Å²) in [5.74, 6) is -1.43. The van der Waals surface area contributed by atoms with Gasteiger partial charge < -0.3 is 10.4 Å². The fourth-order valence-corrected chi connectivity index (χ4v) is 3.32. The van der Waals surface area contributed by atoms with Gasteiger partial charge in [0.15, 0.2) is 0 Å². The molecule has 0 heterocycles. The van der Waals surface area contributed by atoms with Crippen LogP contribution in [0.3, 0.4) is 0 Å². The predicted molar refractivity (Wildman–Crippen MR) is 89.0 cm³/mol. The van der Waals surface area contributed by atoms with Crippen molar-refractivity contribution in [2.45, 2.75) is 44.7 Å². The highest BCUT2D eigenvalue weighted by molar-refractivity contribution is 7.89. The van der Waals surface area contributed by atoms with Crippen LogP contribution in [0.1, 0.15) is 48.5 Å². The van der Waals surface area contributed by atoms with Crippen molar-refractivity contribution < 1.29 is 23.1 Å². The van der Waals surface area contributed by atoms with E-state index in [2.05, 4.69) is 10.0 Å². The van der Waals surface area contributed by atoms with Gasteiger partial charge in [0.25, 0.3) is 5.91 Å². The molecule has 3 N–H and O–H groups in total. The molecule has 0 spiro atoms. The third kappa shape index (κ3) is 4.33. The maximum Gasteiger partial charge on any atom is 0.329 e. The Bertz CT molecular complexity index is 706. The monoisotopic (exact) mass is 354 g/mol. The molecule has 0 aromatic heterocycles. The van der Waals surface area contributed by atoms with E-state index in [-0.39, 0.29) is 12.3 Å². The van der Waals surface area contributed by atoms with Crippen LogP contribution < -0.4 is 10.0 Å². The first-order valence-electron chi connectivity index (χ1n) is 7.90. The minimum Gasteiger partial charge on any atom is -0.480 e. The number of amides is 1. The Balaban J connectivity index is 2.02. The summed E-state index contributed by atoms with van der Waals surface area (Å²) < 4.78 is 25.3. The standard InChI is InChI=1S/C16H22N2O5S/c1-2-24(22,23)17-11-12-5-7-13(8-6-12)14(19)18-16(15(20)21)9-3-4-10-16/h5-8,17H,2-4,9-11H2,1H3,(H,18,19)(H,20,21). The summed E-state index contributed by atoms with van der Waals surface area (Å²) in [7, 11) is -3.27. The Morgan fingerprint density at radius 2 is 1.75 bits per heavy atom. The van der Waals surface area contributed by atoms with Gasteiger partial charge in [-0.15, -0.1) is 0 Å². The highest BCUT2D eigenvalue weighted by Crippen LogP contribution is 2.30. The molecule has 7 nitrogen and oxygen atoms in total. The molecule has 24 heavy (non-hydrogen) atoms. The third-order valence-corrected chi connectivity index (χ3v) is 5.66. The minimum atomic E-state index is -3.27. The van der Waals surface area contributed by atoms with Gasteiger partial charge in [0.05, 0.1) is 5.75 Å². The number of aliphatic carboxylic acids is 1. The second-order valence-corrected chi connectivity index (χ2v) is 8.07.